The third kappa shape index (κ3) is 4.03. The first kappa shape index (κ1) is 17.0. The van der Waals surface area contributed by atoms with Crippen molar-refractivity contribution in [3.8, 4) is 11.5 Å². The Morgan fingerprint density at radius 2 is 1.81 bits per heavy atom. The van der Waals surface area contributed by atoms with E-state index in [0.717, 1.165) is 34.3 Å². The van der Waals surface area contributed by atoms with Gasteiger partial charge in [-0.2, -0.15) is 4.98 Å². The van der Waals surface area contributed by atoms with Crippen molar-refractivity contribution in [2.24, 2.45) is 0 Å². The number of hydrogen-bond acceptors (Lipinski definition) is 7. The van der Waals surface area contributed by atoms with Crippen LogP contribution in [0.15, 0.2) is 54.7 Å². The molecule has 0 radical (unpaired) electrons. The minimum absolute atomic E-state index is 0.276. The zero-order chi connectivity index (χ0) is 18.6. The van der Waals surface area contributed by atoms with Crippen molar-refractivity contribution in [2.75, 3.05) is 36.4 Å². The summed E-state index contributed by atoms with van der Waals surface area (Å²) in [5.74, 6) is 2.84. The van der Waals surface area contributed by atoms with Gasteiger partial charge in [0.2, 0.25) is 12.7 Å². The Bertz CT molecular complexity index is 928. The zero-order valence-corrected chi connectivity index (χ0v) is 15.3. The maximum absolute atomic E-state index is 5.41. The van der Waals surface area contributed by atoms with Gasteiger partial charge < -0.3 is 25.0 Å². The molecule has 2 N–H and O–H groups in total. The molecule has 138 valence electrons. The van der Waals surface area contributed by atoms with Crippen LogP contribution in [0.1, 0.15) is 5.56 Å². The van der Waals surface area contributed by atoms with Crippen molar-refractivity contribution < 1.29 is 9.47 Å². The Morgan fingerprint density at radius 1 is 1.00 bits per heavy atom. The molecule has 7 nitrogen and oxygen atoms in total. The summed E-state index contributed by atoms with van der Waals surface area (Å²) in [6.07, 6.45) is 1.73. The Hall–Kier alpha value is -3.48. The van der Waals surface area contributed by atoms with Gasteiger partial charge in [0.25, 0.3) is 0 Å². The minimum atomic E-state index is 0.276. The number of hydrogen-bond donors (Lipinski definition) is 2. The van der Waals surface area contributed by atoms with Gasteiger partial charge in [0.05, 0.1) is 0 Å². The predicted octanol–water partition coefficient (Wildman–Crippen LogP) is 3.63. The number of nitrogens with one attached hydrogen (secondary N) is 2. The Balaban J connectivity index is 1.40. The summed E-state index contributed by atoms with van der Waals surface area (Å²) in [7, 11) is 4.04. The second-order valence-corrected chi connectivity index (χ2v) is 6.37. The molecule has 0 atom stereocenters. The zero-order valence-electron chi connectivity index (χ0n) is 15.3. The fourth-order valence-electron chi connectivity index (χ4n) is 2.74. The highest BCUT2D eigenvalue weighted by molar-refractivity contribution is 5.61. The molecule has 3 aromatic rings. The summed E-state index contributed by atoms with van der Waals surface area (Å²) in [4.78, 5) is 10.9. The molecule has 2 heterocycles. The molecule has 1 aromatic heterocycles. The van der Waals surface area contributed by atoms with E-state index in [1.54, 1.807) is 6.20 Å². The molecule has 1 aliphatic rings. The van der Waals surface area contributed by atoms with Crippen LogP contribution in [-0.2, 0) is 6.54 Å². The van der Waals surface area contributed by atoms with Gasteiger partial charge in [-0.25, -0.2) is 4.98 Å². The van der Waals surface area contributed by atoms with Crippen molar-refractivity contribution in [1.82, 2.24) is 9.97 Å². The maximum atomic E-state index is 5.41. The average Bonchev–Trinajstić information content (AvgIpc) is 3.15. The van der Waals surface area contributed by atoms with Crippen molar-refractivity contribution >= 4 is 23.1 Å². The third-order valence-corrected chi connectivity index (χ3v) is 4.20. The molecule has 0 unspecified atom stereocenters. The van der Waals surface area contributed by atoms with Crippen LogP contribution in [0.25, 0.3) is 0 Å². The predicted molar refractivity (Wildman–Crippen MR) is 106 cm³/mol. The van der Waals surface area contributed by atoms with E-state index in [4.69, 9.17) is 9.47 Å². The Morgan fingerprint density at radius 3 is 2.63 bits per heavy atom. The molecule has 1 aliphatic heterocycles. The van der Waals surface area contributed by atoms with Gasteiger partial charge in [0, 0.05) is 38.2 Å². The first-order valence-corrected chi connectivity index (χ1v) is 8.67. The lowest BCUT2D eigenvalue weighted by atomic mass is 10.2. The average molecular weight is 363 g/mol. The highest BCUT2D eigenvalue weighted by Crippen LogP contribution is 2.32. The quantitative estimate of drug-likeness (QED) is 0.693. The molecule has 0 saturated carbocycles. The summed E-state index contributed by atoms with van der Waals surface area (Å²) in [6, 6.07) is 15.9. The summed E-state index contributed by atoms with van der Waals surface area (Å²) >= 11 is 0. The summed E-state index contributed by atoms with van der Waals surface area (Å²) in [5.41, 5.74) is 3.19. The molecule has 0 aliphatic carbocycles. The van der Waals surface area contributed by atoms with E-state index in [2.05, 4.69) is 37.6 Å². The molecule has 27 heavy (non-hydrogen) atoms. The van der Waals surface area contributed by atoms with Crippen LogP contribution in [0, 0.1) is 0 Å². The molecule has 4 rings (SSSR count). The minimum Gasteiger partial charge on any atom is -0.454 e. The van der Waals surface area contributed by atoms with Gasteiger partial charge >= 0.3 is 0 Å². The lowest BCUT2D eigenvalue weighted by Gasteiger charge is -2.13. The summed E-state index contributed by atoms with van der Waals surface area (Å²) in [5, 5.41) is 6.53. The van der Waals surface area contributed by atoms with E-state index in [0.29, 0.717) is 12.5 Å². The van der Waals surface area contributed by atoms with Crippen molar-refractivity contribution in [3.63, 3.8) is 0 Å². The van der Waals surface area contributed by atoms with Crippen LogP contribution in [0.5, 0.6) is 11.5 Å². The number of nitrogens with zero attached hydrogens (tertiary/aromatic N) is 3. The Labute approximate surface area is 158 Å². The van der Waals surface area contributed by atoms with Gasteiger partial charge in [0.15, 0.2) is 11.5 Å². The summed E-state index contributed by atoms with van der Waals surface area (Å²) in [6.45, 7) is 0.871. The third-order valence-electron chi connectivity index (χ3n) is 4.20. The van der Waals surface area contributed by atoms with Gasteiger partial charge in [-0.3, -0.25) is 0 Å². The van der Waals surface area contributed by atoms with E-state index in [1.807, 2.05) is 50.5 Å². The number of rotatable bonds is 6. The highest BCUT2D eigenvalue weighted by Gasteiger charge is 2.13. The number of fused-ring (bicyclic) bond motifs is 1. The van der Waals surface area contributed by atoms with Crippen LogP contribution < -0.4 is 25.0 Å². The first-order chi connectivity index (χ1) is 13.2. The SMILES string of the molecule is CN(C)c1ccc(Nc2ccnc(NCc3ccc4c(c3)OCO4)n2)cc1. The molecule has 7 heteroatoms. The lowest BCUT2D eigenvalue weighted by Crippen LogP contribution is -2.08. The second kappa shape index (κ2) is 7.41. The Kier molecular flexibility index (Phi) is 4.65. The topological polar surface area (TPSA) is 71.5 Å². The number of benzene rings is 2. The van der Waals surface area contributed by atoms with Crippen molar-refractivity contribution in [3.05, 3.63) is 60.3 Å². The fraction of sp³-hybridized carbons (Fsp3) is 0.200. The van der Waals surface area contributed by atoms with Crippen molar-refractivity contribution in [1.29, 1.82) is 0 Å². The second-order valence-electron chi connectivity index (χ2n) is 6.37. The van der Waals surface area contributed by atoms with Gasteiger partial charge in [0.1, 0.15) is 5.82 Å². The standard InChI is InChI=1S/C20H21N5O2/c1-25(2)16-6-4-15(5-7-16)23-19-9-10-21-20(24-19)22-12-14-3-8-17-18(11-14)27-13-26-17/h3-11H,12-13H2,1-2H3,(H2,21,22,23,24). The summed E-state index contributed by atoms with van der Waals surface area (Å²) < 4.78 is 10.7. The molecular weight excluding hydrogens is 342 g/mol. The number of aromatic nitrogens is 2. The van der Waals surface area contributed by atoms with Crippen LogP contribution in [0.4, 0.5) is 23.1 Å². The van der Waals surface area contributed by atoms with E-state index in [9.17, 15) is 0 Å². The van der Waals surface area contributed by atoms with Crippen LogP contribution in [-0.4, -0.2) is 30.9 Å². The molecule has 0 amide bonds. The molecule has 0 bridgehead atoms. The molecule has 0 saturated heterocycles. The van der Waals surface area contributed by atoms with Crippen molar-refractivity contribution in [2.45, 2.75) is 6.54 Å². The van der Waals surface area contributed by atoms with Gasteiger partial charge in [-0.05, 0) is 48.0 Å². The number of ether oxygens (including phenoxy) is 2. The van der Waals surface area contributed by atoms with Gasteiger partial charge in [-0.1, -0.05) is 6.07 Å². The monoisotopic (exact) mass is 363 g/mol. The largest absolute Gasteiger partial charge is 0.454 e. The molecule has 2 aromatic carbocycles. The van der Waals surface area contributed by atoms with Gasteiger partial charge in [-0.15, -0.1) is 0 Å². The van der Waals surface area contributed by atoms with Crippen LogP contribution in [0.3, 0.4) is 0 Å². The van der Waals surface area contributed by atoms with Crippen LogP contribution >= 0.6 is 0 Å². The maximum Gasteiger partial charge on any atom is 0.231 e. The highest BCUT2D eigenvalue weighted by atomic mass is 16.7. The normalized spacial score (nSPS) is 11.9. The molecule has 0 fully saturated rings. The van der Waals surface area contributed by atoms with E-state index in [1.165, 1.54) is 0 Å². The smallest absolute Gasteiger partial charge is 0.231 e. The molecular formula is C20H21N5O2. The first-order valence-electron chi connectivity index (χ1n) is 8.67. The van der Waals surface area contributed by atoms with E-state index < -0.39 is 0 Å². The molecule has 0 spiro atoms. The van der Waals surface area contributed by atoms with Crippen LogP contribution in [0.2, 0.25) is 0 Å². The fourth-order valence-corrected chi connectivity index (χ4v) is 2.74. The van der Waals surface area contributed by atoms with E-state index in [-0.39, 0.29) is 6.79 Å². The lowest BCUT2D eigenvalue weighted by molar-refractivity contribution is 0.174. The number of anilines is 4. The van der Waals surface area contributed by atoms with E-state index >= 15 is 0 Å².